The van der Waals surface area contributed by atoms with Crippen molar-refractivity contribution >= 4 is 0 Å². The SMILES string of the molecule is OC1CCCN(CCN2CCCC(O)C2)C1. The highest BCUT2D eigenvalue weighted by molar-refractivity contribution is 4.76. The Morgan fingerprint density at radius 2 is 1.25 bits per heavy atom. The third-order valence-corrected chi connectivity index (χ3v) is 3.69. The van der Waals surface area contributed by atoms with Crippen molar-refractivity contribution in [3.8, 4) is 0 Å². The van der Waals surface area contributed by atoms with Crippen LogP contribution in [-0.4, -0.2) is 71.5 Å². The molecule has 2 aliphatic heterocycles. The van der Waals surface area contributed by atoms with Crippen LogP contribution < -0.4 is 0 Å². The van der Waals surface area contributed by atoms with Gasteiger partial charge in [0.1, 0.15) is 0 Å². The van der Waals surface area contributed by atoms with Crippen LogP contribution in [0.25, 0.3) is 0 Å². The van der Waals surface area contributed by atoms with Crippen LogP contribution in [0.4, 0.5) is 0 Å². The lowest BCUT2D eigenvalue weighted by Crippen LogP contribution is -2.45. The second-order valence-corrected chi connectivity index (χ2v) is 5.19. The molecule has 2 unspecified atom stereocenters. The summed E-state index contributed by atoms with van der Waals surface area (Å²) in [5.41, 5.74) is 0. The third-order valence-electron chi connectivity index (χ3n) is 3.69. The largest absolute Gasteiger partial charge is 0.392 e. The van der Waals surface area contributed by atoms with Gasteiger partial charge >= 0.3 is 0 Å². The van der Waals surface area contributed by atoms with Crippen LogP contribution in [0.5, 0.6) is 0 Å². The monoisotopic (exact) mass is 228 g/mol. The van der Waals surface area contributed by atoms with E-state index in [0.29, 0.717) is 0 Å². The van der Waals surface area contributed by atoms with Crippen molar-refractivity contribution in [3.05, 3.63) is 0 Å². The van der Waals surface area contributed by atoms with Crippen LogP contribution in [0.2, 0.25) is 0 Å². The topological polar surface area (TPSA) is 46.9 Å². The molecule has 94 valence electrons. The van der Waals surface area contributed by atoms with Gasteiger partial charge in [-0.05, 0) is 38.8 Å². The molecule has 2 atom stereocenters. The van der Waals surface area contributed by atoms with Crippen molar-refractivity contribution in [1.29, 1.82) is 0 Å². The van der Waals surface area contributed by atoms with Crippen molar-refractivity contribution in [1.82, 2.24) is 9.80 Å². The lowest BCUT2D eigenvalue weighted by Gasteiger charge is -2.34. The van der Waals surface area contributed by atoms with Gasteiger partial charge in [0.25, 0.3) is 0 Å². The summed E-state index contributed by atoms with van der Waals surface area (Å²) in [6, 6.07) is 0. The van der Waals surface area contributed by atoms with Crippen LogP contribution in [0.3, 0.4) is 0 Å². The fourth-order valence-electron chi connectivity index (χ4n) is 2.75. The van der Waals surface area contributed by atoms with Gasteiger partial charge in [-0.2, -0.15) is 0 Å². The lowest BCUT2D eigenvalue weighted by atomic mass is 10.1. The first-order chi connectivity index (χ1) is 7.74. The van der Waals surface area contributed by atoms with Gasteiger partial charge in [-0.3, -0.25) is 9.80 Å². The lowest BCUT2D eigenvalue weighted by molar-refractivity contribution is 0.0438. The molecule has 0 aromatic rings. The molecule has 0 aromatic carbocycles. The Balaban J connectivity index is 1.66. The van der Waals surface area contributed by atoms with Gasteiger partial charge in [0.2, 0.25) is 0 Å². The van der Waals surface area contributed by atoms with Gasteiger partial charge in [0.05, 0.1) is 12.2 Å². The predicted octanol–water partition coefficient (Wildman–Crippen LogP) is -0.100. The summed E-state index contributed by atoms with van der Waals surface area (Å²) in [7, 11) is 0. The number of aliphatic hydroxyl groups excluding tert-OH is 2. The molecule has 0 radical (unpaired) electrons. The van der Waals surface area contributed by atoms with Crippen molar-refractivity contribution < 1.29 is 10.2 Å². The maximum atomic E-state index is 9.56. The van der Waals surface area contributed by atoms with Gasteiger partial charge in [-0.1, -0.05) is 0 Å². The van der Waals surface area contributed by atoms with Crippen LogP contribution in [0.15, 0.2) is 0 Å². The van der Waals surface area contributed by atoms with E-state index in [9.17, 15) is 10.2 Å². The average molecular weight is 228 g/mol. The number of rotatable bonds is 3. The van der Waals surface area contributed by atoms with E-state index < -0.39 is 0 Å². The molecule has 2 fully saturated rings. The Morgan fingerprint density at radius 1 is 0.812 bits per heavy atom. The number of hydrogen-bond donors (Lipinski definition) is 2. The first-order valence-corrected chi connectivity index (χ1v) is 6.55. The molecule has 0 amide bonds. The molecule has 2 aliphatic rings. The highest BCUT2D eigenvalue weighted by atomic mass is 16.3. The molecule has 2 rings (SSSR count). The fourth-order valence-corrected chi connectivity index (χ4v) is 2.75. The fraction of sp³-hybridized carbons (Fsp3) is 1.00. The molecular weight excluding hydrogens is 204 g/mol. The first kappa shape index (κ1) is 12.3. The summed E-state index contributed by atoms with van der Waals surface area (Å²) >= 11 is 0. The highest BCUT2D eigenvalue weighted by Gasteiger charge is 2.20. The molecule has 2 N–H and O–H groups in total. The van der Waals surface area contributed by atoms with E-state index in [1.54, 1.807) is 0 Å². The summed E-state index contributed by atoms with van der Waals surface area (Å²) in [6.07, 6.45) is 3.90. The molecule has 0 aliphatic carbocycles. The molecule has 16 heavy (non-hydrogen) atoms. The van der Waals surface area contributed by atoms with E-state index in [4.69, 9.17) is 0 Å². The quantitative estimate of drug-likeness (QED) is 0.708. The van der Waals surface area contributed by atoms with Crippen LogP contribution >= 0.6 is 0 Å². The zero-order chi connectivity index (χ0) is 11.4. The number of aliphatic hydroxyl groups is 2. The van der Waals surface area contributed by atoms with Gasteiger partial charge in [-0.25, -0.2) is 0 Å². The molecule has 2 saturated heterocycles. The van der Waals surface area contributed by atoms with E-state index in [2.05, 4.69) is 9.80 Å². The third kappa shape index (κ3) is 3.70. The van der Waals surface area contributed by atoms with Gasteiger partial charge in [0, 0.05) is 26.2 Å². The van der Waals surface area contributed by atoms with Crippen molar-refractivity contribution in [2.45, 2.75) is 37.9 Å². The van der Waals surface area contributed by atoms with Crippen molar-refractivity contribution in [2.24, 2.45) is 0 Å². The smallest absolute Gasteiger partial charge is 0.0667 e. The minimum Gasteiger partial charge on any atom is -0.392 e. The van der Waals surface area contributed by atoms with E-state index in [1.807, 2.05) is 0 Å². The number of piperidine rings is 2. The molecule has 2 heterocycles. The maximum Gasteiger partial charge on any atom is 0.0667 e. The molecule has 0 saturated carbocycles. The van der Waals surface area contributed by atoms with E-state index in [0.717, 1.165) is 65.0 Å². The molecule has 4 heteroatoms. The Hall–Kier alpha value is -0.160. The Labute approximate surface area is 97.9 Å². The predicted molar refractivity (Wildman–Crippen MR) is 63.4 cm³/mol. The summed E-state index contributed by atoms with van der Waals surface area (Å²) in [4.78, 5) is 4.68. The minimum atomic E-state index is -0.124. The average Bonchev–Trinajstić information content (AvgIpc) is 2.27. The van der Waals surface area contributed by atoms with Crippen LogP contribution in [-0.2, 0) is 0 Å². The Morgan fingerprint density at radius 3 is 1.62 bits per heavy atom. The summed E-state index contributed by atoms with van der Waals surface area (Å²) in [6.45, 7) is 5.96. The minimum absolute atomic E-state index is 0.124. The standard InChI is InChI=1S/C12H24N2O2/c15-11-3-1-5-13(9-11)7-8-14-6-2-4-12(16)10-14/h11-12,15-16H,1-10H2. The molecule has 0 bridgehead atoms. The zero-order valence-corrected chi connectivity index (χ0v) is 10.0. The van der Waals surface area contributed by atoms with E-state index in [-0.39, 0.29) is 12.2 Å². The normalized spacial score (nSPS) is 34.1. The Bertz CT molecular complexity index is 191. The first-order valence-electron chi connectivity index (χ1n) is 6.55. The zero-order valence-electron chi connectivity index (χ0n) is 10.0. The van der Waals surface area contributed by atoms with Crippen molar-refractivity contribution in [2.75, 3.05) is 39.3 Å². The second kappa shape index (κ2) is 5.96. The van der Waals surface area contributed by atoms with Gasteiger partial charge in [0.15, 0.2) is 0 Å². The molecular formula is C12H24N2O2. The summed E-state index contributed by atoms with van der Waals surface area (Å²) in [5.74, 6) is 0. The summed E-state index contributed by atoms with van der Waals surface area (Å²) < 4.78 is 0. The maximum absolute atomic E-state index is 9.56. The second-order valence-electron chi connectivity index (χ2n) is 5.19. The molecule has 0 aromatic heterocycles. The van der Waals surface area contributed by atoms with Gasteiger partial charge in [-0.15, -0.1) is 0 Å². The number of hydrogen-bond acceptors (Lipinski definition) is 4. The van der Waals surface area contributed by atoms with E-state index >= 15 is 0 Å². The molecule has 0 spiro atoms. The van der Waals surface area contributed by atoms with E-state index in [1.165, 1.54) is 0 Å². The number of β-amino-alcohol motifs (C(OH)–C–C–N with tert-alkyl or cyclic N) is 2. The summed E-state index contributed by atoms with van der Waals surface area (Å²) in [5, 5.41) is 19.1. The molecule has 4 nitrogen and oxygen atoms in total. The van der Waals surface area contributed by atoms with Crippen LogP contribution in [0.1, 0.15) is 25.7 Å². The highest BCUT2D eigenvalue weighted by Crippen LogP contribution is 2.12. The van der Waals surface area contributed by atoms with Crippen LogP contribution in [0, 0.1) is 0 Å². The number of nitrogens with zero attached hydrogens (tertiary/aromatic N) is 2. The van der Waals surface area contributed by atoms with Crippen molar-refractivity contribution in [3.63, 3.8) is 0 Å². The van der Waals surface area contributed by atoms with Gasteiger partial charge < -0.3 is 10.2 Å². The Kier molecular flexibility index (Phi) is 4.58. The number of likely N-dealkylation sites (tertiary alicyclic amines) is 2.